The molecule has 2 atom stereocenters. The number of benzene rings is 2. The number of aliphatic hydroxyl groups is 1. The van der Waals surface area contributed by atoms with Crippen molar-refractivity contribution in [2.45, 2.75) is 32.9 Å². The van der Waals surface area contributed by atoms with Crippen molar-refractivity contribution in [3.63, 3.8) is 0 Å². The molecule has 0 bridgehead atoms. The number of aromatic amines is 1. The van der Waals surface area contributed by atoms with Crippen LogP contribution < -0.4 is 5.32 Å². The number of fused-ring (bicyclic) bond motifs is 1. The topological polar surface area (TPSA) is 65.1 Å². The molecule has 3 aromatic rings. The van der Waals surface area contributed by atoms with Gasteiger partial charge in [-0.3, -0.25) is 4.79 Å². The van der Waals surface area contributed by atoms with Gasteiger partial charge in [-0.15, -0.1) is 0 Å². The first-order valence-electron chi connectivity index (χ1n) is 8.20. The van der Waals surface area contributed by atoms with Gasteiger partial charge >= 0.3 is 0 Å². The van der Waals surface area contributed by atoms with E-state index in [0.29, 0.717) is 10.7 Å². The van der Waals surface area contributed by atoms with Crippen LogP contribution in [0.3, 0.4) is 0 Å². The van der Waals surface area contributed by atoms with E-state index in [1.54, 1.807) is 6.92 Å². The number of rotatable bonds is 4. The minimum absolute atomic E-state index is 0.310. The van der Waals surface area contributed by atoms with Crippen molar-refractivity contribution in [2.24, 2.45) is 0 Å². The van der Waals surface area contributed by atoms with E-state index in [-0.39, 0.29) is 5.91 Å². The van der Waals surface area contributed by atoms with Crippen LogP contribution in [0, 0.1) is 13.8 Å². The third-order valence-corrected chi connectivity index (χ3v) is 4.76. The van der Waals surface area contributed by atoms with Gasteiger partial charge in [-0.1, -0.05) is 53.1 Å². The van der Waals surface area contributed by atoms with Crippen molar-refractivity contribution in [3.05, 3.63) is 69.9 Å². The van der Waals surface area contributed by atoms with E-state index in [1.165, 1.54) is 0 Å². The molecule has 0 fully saturated rings. The molecular formula is C20H21ClN2O2. The molecule has 0 saturated heterocycles. The lowest BCUT2D eigenvalue weighted by atomic mass is 10.0. The number of aliphatic hydroxyl groups excluding tert-OH is 1. The zero-order valence-electron chi connectivity index (χ0n) is 14.4. The summed E-state index contributed by atoms with van der Waals surface area (Å²) in [7, 11) is 0. The number of hydrogen-bond donors (Lipinski definition) is 3. The molecule has 1 aromatic heterocycles. The van der Waals surface area contributed by atoms with Crippen LogP contribution in [0.5, 0.6) is 0 Å². The van der Waals surface area contributed by atoms with Crippen molar-refractivity contribution in [3.8, 4) is 0 Å². The average Bonchev–Trinajstić information content (AvgIpc) is 2.91. The molecule has 2 unspecified atom stereocenters. The van der Waals surface area contributed by atoms with Crippen LogP contribution in [0.4, 0.5) is 0 Å². The Morgan fingerprint density at radius 2 is 1.76 bits per heavy atom. The zero-order valence-corrected chi connectivity index (χ0v) is 15.2. The second-order valence-electron chi connectivity index (χ2n) is 6.48. The molecule has 0 saturated carbocycles. The third-order valence-electron chi connectivity index (χ3n) is 4.37. The van der Waals surface area contributed by atoms with Gasteiger partial charge in [0, 0.05) is 10.9 Å². The molecule has 3 N–H and O–H groups in total. The monoisotopic (exact) mass is 356 g/mol. The fourth-order valence-corrected chi connectivity index (χ4v) is 3.13. The molecule has 1 amide bonds. The maximum atomic E-state index is 12.6. The summed E-state index contributed by atoms with van der Waals surface area (Å²) in [4.78, 5) is 15.6. The predicted molar refractivity (Wildman–Crippen MR) is 101 cm³/mol. The maximum absolute atomic E-state index is 12.6. The van der Waals surface area contributed by atoms with Gasteiger partial charge < -0.3 is 15.4 Å². The molecule has 5 heteroatoms. The third kappa shape index (κ3) is 3.55. The van der Waals surface area contributed by atoms with Crippen LogP contribution in [0.2, 0.25) is 5.02 Å². The van der Waals surface area contributed by atoms with Gasteiger partial charge in [0.25, 0.3) is 5.91 Å². The number of amides is 1. The lowest BCUT2D eigenvalue weighted by Gasteiger charge is -2.20. The van der Waals surface area contributed by atoms with E-state index < -0.39 is 12.1 Å². The molecule has 4 nitrogen and oxygen atoms in total. The first-order chi connectivity index (χ1) is 11.9. The van der Waals surface area contributed by atoms with Gasteiger partial charge in [0.2, 0.25) is 0 Å². The molecule has 2 aromatic carbocycles. The van der Waals surface area contributed by atoms with Crippen molar-refractivity contribution in [2.75, 3.05) is 0 Å². The fraction of sp³-hybridized carbons (Fsp3) is 0.250. The second kappa shape index (κ2) is 6.90. The zero-order chi connectivity index (χ0) is 18.1. The Balaban J connectivity index is 1.79. The minimum Gasteiger partial charge on any atom is -0.386 e. The largest absolute Gasteiger partial charge is 0.386 e. The smallest absolute Gasteiger partial charge is 0.269 e. The van der Waals surface area contributed by atoms with Gasteiger partial charge in [0.1, 0.15) is 5.69 Å². The highest BCUT2D eigenvalue weighted by atomic mass is 35.5. The minimum atomic E-state index is -0.796. The Morgan fingerprint density at radius 3 is 2.44 bits per heavy atom. The lowest BCUT2D eigenvalue weighted by Crippen LogP contribution is -2.37. The van der Waals surface area contributed by atoms with Crippen molar-refractivity contribution in [1.29, 1.82) is 0 Å². The first kappa shape index (κ1) is 17.5. The Kier molecular flexibility index (Phi) is 4.84. The molecule has 0 radical (unpaired) electrons. The first-order valence-corrected chi connectivity index (χ1v) is 8.58. The van der Waals surface area contributed by atoms with Gasteiger partial charge in [0.05, 0.1) is 17.2 Å². The molecule has 25 heavy (non-hydrogen) atoms. The molecule has 1 heterocycles. The SMILES string of the molecule is Cc1ccc(C(O)C(C)NC(=O)c2[nH]c3ccc(C)cc3c2Cl)cc1. The summed E-state index contributed by atoms with van der Waals surface area (Å²) in [5.41, 5.74) is 4.07. The number of carbonyl (C=O) groups is 1. The van der Waals surface area contributed by atoms with Crippen LogP contribution in [-0.2, 0) is 0 Å². The Morgan fingerprint density at radius 1 is 1.12 bits per heavy atom. The van der Waals surface area contributed by atoms with Gasteiger partial charge in [0.15, 0.2) is 0 Å². The van der Waals surface area contributed by atoms with Crippen LogP contribution in [-0.4, -0.2) is 22.0 Å². The number of halogens is 1. The van der Waals surface area contributed by atoms with Gasteiger partial charge in [-0.2, -0.15) is 0 Å². The normalized spacial score (nSPS) is 13.6. The summed E-state index contributed by atoms with van der Waals surface area (Å²) in [5.74, 6) is -0.336. The summed E-state index contributed by atoms with van der Waals surface area (Å²) in [6.45, 7) is 5.73. The van der Waals surface area contributed by atoms with E-state index in [1.807, 2.05) is 56.3 Å². The second-order valence-corrected chi connectivity index (χ2v) is 6.86. The molecule has 3 rings (SSSR count). The molecular weight excluding hydrogens is 336 g/mol. The van der Waals surface area contributed by atoms with Crippen LogP contribution >= 0.6 is 11.6 Å². The summed E-state index contributed by atoms with van der Waals surface area (Å²) < 4.78 is 0. The van der Waals surface area contributed by atoms with Crippen LogP contribution in [0.25, 0.3) is 10.9 Å². The Labute approximate surface area is 151 Å². The Bertz CT molecular complexity index is 915. The number of aryl methyl sites for hydroxylation is 2. The molecule has 130 valence electrons. The number of H-pyrrole nitrogens is 1. The highest BCUT2D eigenvalue weighted by Crippen LogP contribution is 2.28. The van der Waals surface area contributed by atoms with Crippen molar-refractivity contribution >= 4 is 28.4 Å². The van der Waals surface area contributed by atoms with Gasteiger partial charge in [-0.25, -0.2) is 0 Å². The standard InChI is InChI=1S/C20H21ClN2O2/c1-11-4-7-14(8-5-11)19(24)13(3)22-20(25)18-17(21)15-10-12(2)6-9-16(15)23-18/h4-10,13,19,23-24H,1-3H3,(H,22,25). The highest BCUT2D eigenvalue weighted by molar-refractivity contribution is 6.38. The molecule has 0 aliphatic heterocycles. The number of aromatic nitrogens is 1. The summed E-state index contributed by atoms with van der Waals surface area (Å²) in [5, 5.41) is 14.5. The lowest BCUT2D eigenvalue weighted by molar-refractivity contribution is 0.0848. The van der Waals surface area contributed by atoms with Crippen molar-refractivity contribution < 1.29 is 9.90 Å². The highest BCUT2D eigenvalue weighted by Gasteiger charge is 2.22. The number of hydrogen-bond acceptors (Lipinski definition) is 2. The van der Waals surface area contributed by atoms with E-state index in [2.05, 4.69) is 10.3 Å². The van der Waals surface area contributed by atoms with Crippen molar-refractivity contribution in [1.82, 2.24) is 10.3 Å². The van der Waals surface area contributed by atoms with Gasteiger partial charge in [-0.05, 0) is 38.5 Å². The van der Waals surface area contributed by atoms with E-state index in [9.17, 15) is 9.90 Å². The van der Waals surface area contributed by atoms with Crippen LogP contribution in [0.15, 0.2) is 42.5 Å². The van der Waals surface area contributed by atoms with E-state index >= 15 is 0 Å². The quantitative estimate of drug-likeness (QED) is 0.652. The Hall–Kier alpha value is -2.30. The summed E-state index contributed by atoms with van der Waals surface area (Å²) in [6.07, 6.45) is -0.796. The maximum Gasteiger partial charge on any atom is 0.269 e. The predicted octanol–water partition coefficient (Wildman–Crippen LogP) is 4.29. The molecule has 0 spiro atoms. The fourth-order valence-electron chi connectivity index (χ4n) is 2.84. The summed E-state index contributed by atoms with van der Waals surface area (Å²) in [6, 6.07) is 12.9. The summed E-state index contributed by atoms with van der Waals surface area (Å²) >= 11 is 6.37. The molecule has 0 aliphatic rings. The number of nitrogens with one attached hydrogen (secondary N) is 2. The van der Waals surface area contributed by atoms with E-state index in [4.69, 9.17) is 11.6 Å². The number of carbonyl (C=O) groups excluding carboxylic acids is 1. The average molecular weight is 357 g/mol. The van der Waals surface area contributed by atoms with Crippen LogP contribution in [0.1, 0.15) is 40.2 Å². The molecule has 0 aliphatic carbocycles. The van der Waals surface area contributed by atoms with E-state index in [0.717, 1.165) is 27.6 Å².